The lowest BCUT2D eigenvalue weighted by Gasteiger charge is -2.46. The standard InChI is InChI=1S/C22H28NO4.HI/c1-23(2)8-7-13-10-19(26-5)22(27-6)21-15-12-18(25-4)17(24-3)11-14(15)9-16(23)20(13)21;/h10-12,16H,7-9H2,1-6H3;1H/q+1;/p-1. The molecule has 2 aromatic carbocycles. The van der Waals surface area contributed by atoms with Gasteiger partial charge in [-0.05, 0) is 34.9 Å². The van der Waals surface area contributed by atoms with Gasteiger partial charge in [-0.3, -0.25) is 0 Å². The van der Waals surface area contributed by atoms with Crippen LogP contribution in [0.15, 0.2) is 18.2 Å². The van der Waals surface area contributed by atoms with Gasteiger partial charge in [0.2, 0.25) is 0 Å². The highest BCUT2D eigenvalue weighted by atomic mass is 127. The van der Waals surface area contributed by atoms with Gasteiger partial charge in [-0.15, -0.1) is 0 Å². The van der Waals surface area contributed by atoms with Crippen molar-refractivity contribution in [3.8, 4) is 34.1 Å². The highest BCUT2D eigenvalue weighted by molar-refractivity contribution is 5.84. The fraction of sp³-hybridized carbons (Fsp3) is 0.455. The zero-order chi connectivity index (χ0) is 19.3. The average molecular weight is 497 g/mol. The van der Waals surface area contributed by atoms with Crippen molar-refractivity contribution < 1.29 is 47.4 Å². The second kappa shape index (κ2) is 7.63. The number of hydrogen-bond acceptors (Lipinski definition) is 4. The Labute approximate surface area is 184 Å². The zero-order valence-corrected chi connectivity index (χ0v) is 19.5. The molecule has 0 saturated carbocycles. The van der Waals surface area contributed by atoms with E-state index in [1.165, 1.54) is 16.7 Å². The number of likely N-dealkylation sites (N-methyl/N-ethyl adjacent to an activating group) is 1. The van der Waals surface area contributed by atoms with E-state index in [9.17, 15) is 0 Å². The number of fused-ring (bicyclic) bond motifs is 2. The number of nitrogens with zero attached hydrogens (tertiary/aromatic N) is 1. The van der Waals surface area contributed by atoms with Crippen molar-refractivity contribution in [2.75, 3.05) is 49.1 Å². The Morgan fingerprint density at radius 2 is 1.43 bits per heavy atom. The van der Waals surface area contributed by atoms with Gasteiger partial charge >= 0.3 is 0 Å². The topological polar surface area (TPSA) is 36.9 Å². The van der Waals surface area contributed by atoms with Crippen LogP contribution in [0.1, 0.15) is 22.7 Å². The molecule has 1 unspecified atom stereocenters. The number of methoxy groups -OCH3 is 4. The van der Waals surface area contributed by atoms with E-state index >= 15 is 0 Å². The van der Waals surface area contributed by atoms with Crippen LogP contribution in [0.2, 0.25) is 0 Å². The van der Waals surface area contributed by atoms with Gasteiger partial charge in [0.25, 0.3) is 0 Å². The first kappa shape index (κ1) is 21.0. The molecule has 152 valence electrons. The number of rotatable bonds is 4. The summed E-state index contributed by atoms with van der Waals surface area (Å²) < 4.78 is 23.7. The van der Waals surface area contributed by atoms with Gasteiger partial charge in [0, 0.05) is 24.0 Å². The first-order valence-electron chi connectivity index (χ1n) is 9.30. The third kappa shape index (κ3) is 3.01. The van der Waals surface area contributed by atoms with Crippen molar-refractivity contribution in [3.05, 3.63) is 34.9 Å². The fourth-order valence-electron chi connectivity index (χ4n) is 4.71. The van der Waals surface area contributed by atoms with Crippen LogP contribution >= 0.6 is 0 Å². The molecule has 2 aromatic rings. The maximum Gasteiger partial charge on any atom is 0.169 e. The Hall–Kier alpha value is -1.67. The van der Waals surface area contributed by atoms with Gasteiger partial charge in [0.1, 0.15) is 6.04 Å². The summed E-state index contributed by atoms with van der Waals surface area (Å²) in [5.74, 6) is 3.09. The minimum absolute atomic E-state index is 0. The highest BCUT2D eigenvalue weighted by Gasteiger charge is 2.43. The fourth-order valence-corrected chi connectivity index (χ4v) is 4.71. The zero-order valence-electron chi connectivity index (χ0n) is 17.4. The molecular weight excluding hydrogens is 469 g/mol. The molecule has 1 aliphatic carbocycles. The molecule has 0 radical (unpaired) electrons. The molecule has 0 bridgehead atoms. The SMILES string of the molecule is COc1cc2c(cc1OC)-c1c(OC)c(OC)cc3c1C(C2)[N+](C)(C)CC3.[I-]. The van der Waals surface area contributed by atoms with Crippen LogP contribution < -0.4 is 42.9 Å². The maximum absolute atomic E-state index is 5.86. The Balaban J connectivity index is 0.00000225. The largest absolute Gasteiger partial charge is 1.00 e. The molecule has 5 nitrogen and oxygen atoms in total. The molecule has 2 aliphatic rings. The number of benzene rings is 2. The number of ether oxygens (including phenoxy) is 4. The molecule has 1 aliphatic heterocycles. The molecular formula is C22H28INO4. The summed E-state index contributed by atoms with van der Waals surface area (Å²) in [6.07, 6.45) is 2.01. The molecule has 0 N–H and O–H groups in total. The minimum atomic E-state index is 0. The molecule has 28 heavy (non-hydrogen) atoms. The van der Waals surface area contributed by atoms with E-state index in [0.29, 0.717) is 6.04 Å². The van der Waals surface area contributed by atoms with Crippen molar-refractivity contribution in [2.45, 2.75) is 18.9 Å². The molecule has 4 rings (SSSR count). The Morgan fingerprint density at radius 1 is 0.821 bits per heavy atom. The van der Waals surface area contributed by atoms with Gasteiger partial charge in [-0.1, -0.05) is 0 Å². The monoisotopic (exact) mass is 497 g/mol. The van der Waals surface area contributed by atoms with E-state index in [-0.39, 0.29) is 24.0 Å². The number of halogens is 1. The van der Waals surface area contributed by atoms with E-state index in [1.807, 2.05) is 0 Å². The van der Waals surface area contributed by atoms with Crippen LogP contribution in [0.5, 0.6) is 23.0 Å². The Bertz CT molecular complexity index is 910. The normalized spacial score (nSPS) is 18.3. The second-order valence-corrected chi connectivity index (χ2v) is 7.90. The molecule has 0 amide bonds. The predicted molar refractivity (Wildman–Crippen MR) is 105 cm³/mol. The summed E-state index contributed by atoms with van der Waals surface area (Å²) in [6, 6.07) is 6.74. The average Bonchev–Trinajstić information content (AvgIpc) is 2.68. The van der Waals surface area contributed by atoms with E-state index in [1.54, 1.807) is 28.4 Å². The molecule has 6 heteroatoms. The first-order chi connectivity index (χ1) is 12.9. The Kier molecular flexibility index (Phi) is 5.74. The lowest BCUT2D eigenvalue weighted by atomic mass is 9.75. The van der Waals surface area contributed by atoms with Crippen LogP contribution in [0.4, 0.5) is 0 Å². The molecule has 1 heterocycles. The predicted octanol–water partition coefficient (Wildman–Crippen LogP) is 0.622. The molecule has 0 spiro atoms. The van der Waals surface area contributed by atoms with Gasteiger partial charge in [0.15, 0.2) is 23.0 Å². The van der Waals surface area contributed by atoms with Crippen molar-refractivity contribution in [3.63, 3.8) is 0 Å². The van der Waals surface area contributed by atoms with Crippen molar-refractivity contribution in [1.82, 2.24) is 0 Å². The third-order valence-corrected chi connectivity index (χ3v) is 6.22. The summed E-state index contributed by atoms with van der Waals surface area (Å²) >= 11 is 0. The van der Waals surface area contributed by atoms with Gasteiger partial charge in [0.05, 0.1) is 49.1 Å². The summed E-state index contributed by atoms with van der Waals surface area (Å²) in [4.78, 5) is 0. The highest BCUT2D eigenvalue weighted by Crippen LogP contribution is 2.55. The van der Waals surface area contributed by atoms with Crippen LogP contribution in [-0.2, 0) is 12.8 Å². The van der Waals surface area contributed by atoms with Crippen LogP contribution in [0.25, 0.3) is 11.1 Å². The van der Waals surface area contributed by atoms with E-state index in [4.69, 9.17) is 18.9 Å². The minimum Gasteiger partial charge on any atom is -1.00 e. The van der Waals surface area contributed by atoms with E-state index < -0.39 is 0 Å². The van der Waals surface area contributed by atoms with Crippen LogP contribution in [0.3, 0.4) is 0 Å². The quantitative estimate of drug-likeness (QED) is 0.459. The summed E-state index contributed by atoms with van der Waals surface area (Å²) in [6.45, 7) is 1.11. The van der Waals surface area contributed by atoms with E-state index in [2.05, 4.69) is 32.3 Å². The van der Waals surface area contributed by atoms with Crippen LogP contribution in [0, 0.1) is 0 Å². The van der Waals surface area contributed by atoms with Crippen molar-refractivity contribution >= 4 is 0 Å². The van der Waals surface area contributed by atoms with Crippen LogP contribution in [-0.4, -0.2) is 53.6 Å². The lowest BCUT2D eigenvalue weighted by molar-refractivity contribution is -0.923. The summed E-state index contributed by atoms with van der Waals surface area (Å²) in [5, 5.41) is 0. The summed E-state index contributed by atoms with van der Waals surface area (Å²) in [7, 11) is 11.4. The lowest BCUT2D eigenvalue weighted by Crippen LogP contribution is -3.00. The second-order valence-electron chi connectivity index (χ2n) is 7.90. The van der Waals surface area contributed by atoms with Crippen molar-refractivity contribution in [2.24, 2.45) is 0 Å². The van der Waals surface area contributed by atoms with Crippen molar-refractivity contribution in [1.29, 1.82) is 0 Å². The number of hydrogen-bond donors (Lipinski definition) is 0. The molecule has 1 atom stereocenters. The first-order valence-corrected chi connectivity index (χ1v) is 9.30. The smallest absolute Gasteiger partial charge is 0.169 e. The summed E-state index contributed by atoms with van der Waals surface area (Å²) in [5.41, 5.74) is 6.31. The Morgan fingerprint density at radius 3 is 2.04 bits per heavy atom. The maximum atomic E-state index is 5.86. The molecule has 0 aromatic heterocycles. The van der Waals surface area contributed by atoms with Gasteiger partial charge < -0.3 is 47.4 Å². The molecule has 0 fully saturated rings. The van der Waals surface area contributed by atoms with Gasteiger partial charge in [-0.25, -0.2) is 0 Å². The number of quaternary nitrogens is 1. The molecule has 0 saturated heterocycles. The van der Waals surface area contributed by atoms with E-state index in [0.717, 1.165) is 58.0 Å². The van der Waals surface area contributed by atoms with Gasteiger partial charge in [-0.2, -0.15) is 0 Å². The third-order valence-electron chi connectivity index (χ3n) is 6.22.